The first-order valence-electron chi connectivity index (χ1n) is 10.6. The molecule has 0 saturated carbocycles. The molecule has 1 fully saturated rings. The van der Waals surface area contributed by atoms with Crippen LogP contribution in [0.25, 0.3) is 0 Å². The largest absolute Gasteiger partial charge is 0.492 e. The van der Waals surface area contributed by atoms with Gasteiger partial charge in [-0.25, -0.2) is 8.42 Å². The van der Waals surface area contributed by atoms with Gasteiger partial charge in [0.15, 0.2) is 0 Å². The summed E-state index contributed by atoms with van der Waals surface area (Å²) in [6.45, 7) is 6.87. The molecule has 9 heteroatoms. The van der Waals surface area contributed by atoms with Crippen molar-refractivity contribution in [1.29, 1.82) is 0 Å². The second kappa shape index (κ2) is 8.80. The lowest BCUT2D eigenvalue weighted by Crippen LogP contribution is -2.43. The first kappa shape index (κ1) is 22.1. The minimum atomic E-state index is -3.58. The van der Waals surface area contributed by atoms with Gasteiger partial charge in [0.05, 0.1) is 18.2 Å². The molecular formula is C22H28N2O5S2. The third kappa shape index (κ3) is 4.58. The minimum absolute atomic E-state index is 0.0911. The van der Waals surface area contributed by atoms with Crippen molar-refractivity contribution in [1.82, 2.24) is 4.31 Å². The van der Waals surface area contributed by atoms with Crippen LogP contribution in [0.15, 0.2) is 28.5 Å². The van der Waals surface area contributed by atoms with Crippen molar-refractivity contribution >= 4 is 33.0 Å². The van der Waals surface area contributed by atoms with Gasteiger partial charge >= 0.3 is 0 Å². The van der Waals surface area contributed by atoms with Crippen molar-refractivity contribution in [2.45, 2.75) is 50.3 Å². The van der Waals surface area contributed by atoms with Gasteiger partial charge in [-0.15, -0.1) is 11.3 Å². The number of fused-ring (bicyclic) bond motifs is 1. The summed E-state index contributed by atoms with van der Waals surface area (Å²) in [6.07, 6.45) is 2.18. The summed E-state index contributed by atoms with van der Waals surface area (Å²) >= 11 is 1.26. The number of ether oxygens (including phenoxy) is 2. The number of sulfonamides is 1. The number of amides is 1. The summed E-state index contributed by atoms with van der Waals surface area (Å²) in [5, 5.41) is 2.96. The van der Waals surface area contributed by atoms with Gasteiger partial charge in [-0.2, -0.15) is 4.31 Å². The van der Waals surface area contributed by atoms with Gasteiger partial charge in [-0.3, -0.25) is 4.79 Å². The van der Waals surface area contributed by atoms with Gasteiger partial charge in [0, 0.05) is 36.0 Å². The Morgan fingerprint density at radius 3 is 2.87 bits per heavy atom. The Morgan fingerprint density at radius 2 is 2.16 bits per heavy atom. The number of aryl methyl sites for hydroxylation is 1. The lowest BCUT2D eigenvalue weighted by Gasteiger charge is -2.31. The molecule has 31 heavy (non-hydrogen) atoms. The highest BCUT2D eigenvalue weighted by Gasteiger charge is 2.34. The average Bonchev–Trinajstić information content (AvgIpc) is 3.33. The second-order valence-corrected chi connectivity index (χ2v) is 11.5. The predicted octanol–water partition coefficient (Wildman–Crippen LogP) is 3.82. The number of carbonyl (C=O) groups excluding carboxylic acids is 1. The maximum Gasteiger partial charge on any atom is 0.252 e. The molecule has 3 heterocycles. The van der Waals surface area contributed by atoms with E-state index in [4.69, 9.17) is 9.47 Å². The van der Waals surface area contributed by atoms with Gasteiger partial charge in [0.1, 0.15) is 21.8 Å². The Bertz CT molecular complexity index is 1080. The Hall–Kier alpha value is -2.10. The van der Waals surface area contributed by atoms with E-state index in [1.165, 1.54) is 15.6 Å². The van der Waals surface area contributed by atoms with Crippen molar-refractivity contribution < 1.29 is 22.7 Å². The van der Waals surface area contributed by atoms with E-state index >= 15 is 0 Å². The van der Waals surface area contributed by atoms with Crippen LogP contribution in [0.1, 0.15) is 37.1 Å². The fourth-order valence-electron chi connectivity index (χ4n) is 4.10. The van der Waals surface area contributed by atoms with Crippen LogP contribution in [-0.2, 0) is 21.2 Å². The Balaban J connectivity index is 1.51. The number of piperidine rings is 1. The second-order valence-electron chi connectivity index (χ2n) is 8.08. The summed E-state index contributed by atoms with van der Waals surface area (Å²) in [6, 6.07) is 7.18. The minimum Gasteiger partial charge on any atom is -0.492 e. The lowest BCUT2D eigenvalue weighted by atomic mass is 9.98. The normalized spacial score (nSPS) is 21.4. The zero-order valence-electron chi connectivity index (χ0n) is 18.0. The molecule has 1 aromatic heterocycles. The van der Waals surface area contributed by atoms with E-state index in [0.717, 1.165) is 22.6 Å². The van der Waals surface area contributed by atoms with Gasteiger partial charge < -0.3 is 14.8 Å². The molecule has 1 aromatic carbocycles. The van der Waals surface area contributed by atoms with E-state index in [9.17, 15) is 13.2 Å². The number of carbonyl (C=O) groups is 1. The summed E-state index contributed by atoms with van der Waals surface area (Å²) in [5.74, 6) is 0.746. The molecule has 0 radical (unpaired) electrons. The molecule has 168 valence electrons. The summed E-state index contributed by atoms with van der Waals surface area (Å²) in [7, 11) is -3.58. The molecule has 2 aromatic rings. The molecule has 2 aliphatic rings. The van der Waals surface area contributed by atoms with Crippen molar-refractivity contribution in [3.8, 4) is 11.5 Å². The highest BCUT2D eigenvalue weighted by Crippen LogP contribution is 2.38. The number of benzene rings is 1. The molecule has 1 amide bonds. The van der Waals surface area contributed by atoms with Crippen LogP contribution in [0.4, 0.5) is 5.69 Å². The average molecular weight is 465 g/mol. The highest BCUT2D eigenvalue weighted by atomic mass is 32.2. The van der Waals surface area contributed by atoms with Crippen molar-refractivity contribution in [3.05, 3.63) is 34.7 Å². The SMILES string of the molecule is CCOc1cc2c(cc1NC(=O)[C@@H]1CCCN(S(=O)(=O)c3ccc(C)s3)C1)O[C@@H](C)C2. The van der Waals surface area contributed by atoms with E-state index in [2.05, 4.69) is 5.32 Å². The number of rotatable bonds is 6. The standard InChI is InChI=1S/C22H28N2O5S2/c1-4-28-20-11-17-10-14(2)29-19(17)12-18(20)23-22(25)16-6-5-9-24(13-16)31(26,27)21-8-7-15(3)30-21/h7-8,11-12,14,16H,4-6,9-10,13H2,1-3H3,(H,23,25)/t14-,16+/m0/s1. The van der Waals surface area contributed by atoms with Gasteiger partial charge in [0.25, 0.3) is 10.0 Å². The molecular weight excluding hydrogens is 436 g/mol. The van der Waals surface area contributed by atoms with Crippen molar-refractivity contribution in [2.75, 3.05) is 25.0 Å². The van der Waals surface area contributed by atoms with Crippen LogP contribution in [0, 0.1) is 12.8 Å². The smallest absolute Gasteiger partial charge is 0.252 e. The molecule has 1 N–H and O–H groups in total. The Morgan fingerprint density at radius 1 is 1.35 bits per heavy atom. The highest BCUT2D eigenvalue weighted by molar-refractivity contribution is 7.91. The molecule has 2 atom stereocenters. The summed E-state index contributed by atoms with van der Waals surface area (Å²) in [5.41, 5.74) is 1.63. The maximum atomic E-state index is 13.1. The van der Waals surface area contributed by atoms with Gasteiger partial charge in [-0.05, 0) is 51.8 Å². The van der Waals surface area contributed by atoms with E-state index in [1.54, 1.807) is 12.1 Å². The third-order valence-corrected chi connectivity index (χ3v) is 8.95. The molecule has 0 bridgehead atoms. The molecule has 4 rings (SSSR count). The van der Waals surface area contributed by atoms with Crippen LogP contribution in [-0.4, -0.2) is 44.4 Å². The van der Waals surface area contributed by atoms with Gasteiger partial charge in [0.2, 0.25) is 5.91 Å². The lowest BCUT2D eigenvalue weighted by molar-refractivity contribution is -0.120. The van der Waals surface area contributed by atoms with E-state index < -0.39 is 15.9 Å². The zero-order valence-corrected chi connectivity index (χ0v) is 19.6. The van der Waals surface area contributed by atoms with Crippen molar-refractivity contribution in [3.63, 3.8) is 0 Å². The number of nitrogens with one attached hydrogen (secondary N) is 1. The van der Waals surface area contributed by atoms with E-state index in [0.29, 0.717) is 41.6 Å². The van der Waals surface area contributed by atoms with Gasteiger partial charge in [-0.1, -0.05) is 0 Å². The Kier molecular flexibility index (Phi) is 6.27. The zero-order chi connectivity index (χ0) is 22.2. The molecule has 2 aliphatic heterocycles. The van der Waals surface area contributed by atoms with E-state index in [-0.39, 0.29) is 18.6 Å². The molecule has 0 unspecified atom stereocenters. The number of anilines is 1. The molecule has 0 aliphatic carbocycles. The fraction of sp³-hybridized carbons (Fsp3) is 0.500. The summed E-state index contributed by atoms with van der Waals surface area (Å²) < 4.78 is 39.3. The third-order valence-electron chi connectivity index (χ3n) is 5.62. The summed E-state index contributed by atoms with van der Waals surface area (Å²) in [4.78, 5) is 14.0. The molecule has 0 spiro atoms. The van der Waals surface area contributed by atoms with Crippen LogP contribution in [0.3, 0.4) is 0 Å². The first-order chi connectivity index (χ1) is 14.8. The number of hydrogen-bond donors (Lipinski definition) is 1. The van der Waals surface area contributed by atoms with Crippen molar-refractivity contribution in [2.24, 2.45) is 5.92 Å². The topological polar surface area (TPSA) is 84.9 Å². The predicted molar refractivity (Wildman–Crippen MR) is 121 cm³/mol. The van der Waals surface area contributed by atoms with Crippen LogP contribution < -0.4 is 14.8 Å². The fourth-order valence-corrected chi connectivity index (χ4v) is 7.06. The Labute approximate surface area is 187 Å². The first-order valence-corrected chi connectivity index (χ1v) is 12.9. The maximum absolute atomic E-state index is 13.1. The quantitative estimate of drug-likeness (QED) is 0.703. The number of hydrogen-bond acceptors (Lipinski definition) is 6. The monoisotopic (exact) mass is 464 g/mol. The van der Waals surface area contributed by atoms with Crippen LogP contribution in [0.5, 0.6) is 11.5 Å². The van der Waals surface area contributed by atoms with Crippen LogP contribution >= 0.6 is 11.3 Å². The van der Waals surface area contributed by atoms with E-state index in [1.807, 2.05) is 32.9 Å². The molecule has 1 saturated heterocycles. The van der Waals surface area contributed by atoms with Crippen LogP contribution in [0.2, 0.25) is 0 Å². The molecule has 7 nitrogen and oxygen atoms in total. The number of nitrogens with zero attached hydrogens (tertiary/aromatic N) is 1. The number of thiophene rings is 1.